The predicted octanol–water partition coefficient (Wildman–Crippen LogP) is 3.62. The monoisotopic (exact) mass is 270 g/mol. The molecular weight excluding hydrogens is 260 g/mol. The molecule has 0 aliphatic heterocycles. The van der Waals surface area contributed by atoms with Gasteiger partial charge >= 0.3 is 0 Å². The Balaban J connectivity index is 2.10. The molecule has 1 atom stereocenters. The van der Waals surface area contributed by atoms with Crippen LogP contribution in [0.15, 0.2) is 40.4 Å². The lowest BCUT2D eigenvalue weighted by molar-refractivity contribution is 0.737. The van der Waals surface area contributed by atoms with Crippen LogP contribution in [0.25, 0.3) is 0 Å². The van der Waals surface area contributed by atoms with E-state index in [-0.39, 0.29) is 0 Å². The molecule has 2 aromatic rings. The maximum absolute atomic E-state index is 3.53. The summed E-state index contributed by atoms with van der Waals surface area (Å²) in [6, 6.07) is 6.40. The Morgan fingerprint density at radius 1 is 1.43 bits per heavy atom. The number of halogens is 1. The van der Waals surface area contributed by atoms with Crippen LogP contribution in [-0.4, -0.2) is 4.68 Å². The number of aromatic nitrogens is 1. The summed E-state index contributed by atoms with van der Waals surface area (Å²) in [7, 11) is 0. The SMILES string of the molecule is CC(Nn1cccc1)c1sccc1Br. The zero-order valence-corrected chi connectivity index (χ0v) is 10.2. The standard InChI is InChI=1S/C10H11BrN2S/c1-8(10-9(11)4-7-14-10)12-13-5-2-3-6-13/h2-8,12H,1H3. The minimum atomic E-state index is 0.316. The third-order valence-corrected chi connectivity index (χ3v) is 4.04. The lowest BCUT2D eigenvalue weighted by Crippen LogP contribution is -2.16. The third kappa shape index (κ3) is 2.01. The Morgan fingerprint density at radius 2 is 2.14 bits per heavy atom. The van der Waals surface area contributed by atoms with Gasteiger partial charge in [0.05, 0.1) is 6.04 Å². The molecule has 0 saturated heterocycles. The maximum atomic E-state index is 3.53. The van der Waals surface area contributed by atoms with Gasteiger partial charge in [0.1, 0.15) is 0 Å². The molecule has 4 heteroatoms. The van der Waals surface area contributed by atoms with Gasteiger partial charge < -0.3 is 5.43 Å². The number of thiophene rings is 1. The smallest absolute Gasteiger partial charge is 0.0749 e. The third-order valence-electron chi connectivity index (χ3n) is 1.99. The van der Waals surface area contributed by atoms with Gasteiger partial charge in [0.15, 0.2) is 0 Å². The van der Waals surface area contributed by atoms with E-state index in [1.165, 1.54) is 9.35 Å². The Bertz CT molecular complexity index is 394. The fraction of sp³-hybridized carbons (Fsp3) is 0.200. The molecule has 0 aliphatic carbocycles. The number of nitrogens with one attached hydrogen (secondary N) is 1. The van der Waals surface area contributed by atoms with Gasteiger partial charge in [-0.3, -0.25) is 4.68 Å². The van der Waals surface area contributed by atoms with Crippen molar-refractivity contribution in [1.29, 1.82) is 0 Å². The van der Waals surface area contributed by atoms with Crippen LogP contribution >= 0.6 is 27.3 Å². The van der Waals surface area contributed by atoms with E-state index in [1.54, 1.807) is 11.3 Å². The quantitative estimate of drug-likeness (QED) is 0.902. The molecule has 74 valence electrons. The summed E-state index contributed by atoms with van der Waals surface area (Å²) in [6.45, 7) is 2.15. The Hall–Kier alpha value is -0.740. The summed E-state index contributed by atoms with van der Waals surface area (Å²) in [5.74, 6) is 0. The molecule has 0 fully saturated rings. The van der Waals surface area contributed by atoms with Gasteiger partial charge in [-0.15, -0.1) is 11.3 Å². The van der Waals surface area contributed by atoms with Crippen LogP contribution in [0, 0.1) is 0 Å². The predicted molar refractivity (Wildman–Crippen MR) is 64.2 cm³/mol. The maximum Gasteiger partial charge on any atom is 0.0749 e. The van der Waals surface area contributed by atoms with Crippen molar-refractivity contribution in [3.05, 3.63) is 45.3 Å². The topological polar surface area (TPSA) is 17.0 Å². The summed E-state index contributed by atoms with van der Waals surface area (Å²) in [5.41, 5.74) is 3.36. The van der Waals surface area contributed by atoms with E-state index < -0.39 is 0 Å². The summed E-state index contributed by atoms with van der Waals surface area (Å²) < 4.78 is 3.14. The zero-order valence-electron chi connectivity index (χ0n) is 7.77. The van der Waals surface area contributed by atoms with Gasteiger partial charge in [-0.2, -0.15) is 0 Å². The zero-order chi connectivity index (χ0) is 9.97. The van der Waals surface area contributed by atoms with Gasteiger partial charge in [0, 0.05) is 21.7 Å². The molecule has 2 nitrogen and oxygen atoms in total. The van der Waals surface area contributed by atoms with E-state index in [0.717, 1.165) is 0 Å². The number of nitrogens with zero attached hydrogens (tertiary/aromatic N) is 1. The second-order valence-corrected chi connectivity index (χ2v) is 4.88. The van der Waals surface area contributed by atoms with E-state index in [0.29, 0.717) is 6.04 Å². The Labute approximate surface area is 95.7 Å². The van der Waals surface area contributed by atoms with Gasteiger partial charge in [-0.05, 0) is 46.4 Å². The van der Waals surface area contributed by atoms with E-state index in [4.69, 9.17) is 0 Å². The number of rotatable bonds is 3. The second-order valence-electron chi connectivity index (χ2n) is 3.07. The van der Waals surface area contributed by atoms with Crippen LogP contribution in [0.2, 0.25) is 0 Å². The highest BCUT2D eigenvalue weighted by Gasteiger charge is 2.09. The fourth-order valence-electron chi connectivity index (χ4n) is 1.32. The largest absolute Gasteiger partial charge is 0.318 e. The van der Waals surface area contributed by atoms with Gasteiger partial charge in [-0.25, -0.2) is 0 Å². The van der Waals surface area contributed by atoms with Crippen molar-refractivity contribution < 1.29 is 0 Å². The highest BCUT2D eigenvalue weighted by Crippen LogP contribution is 2.29. The van der Waals surface area contributed by atoms with Crippen molar-refractivity contribution >= 4 is 27.3 Å². The van der Waals surface area contributed by atoms with Crippen LogP contribution in [0.4, 0.5) is 0 Å². The normalized spacial score (nSPS) is 12.7. The van der Waals surface area contributed by atoms with Gasteiger partial charge in [0.2, 0.25) is 0 Å². The molecule has 2 rings (SSSR count). The molecule has 2 aromatic heterocycles. The van der Waals surface area contributed by atoms with Gasteiger partial charge in [0.25, 0.3) is 0 Å². The van der Waals surface area contributed by atoms with E-state index >= 15 is 0 Å². The Kier molecular flexibility index (Phi) is 2.93. The molecule has 0 aliphatic rings. The van der Waals surface area contributed by atoms with E-state index in [2.05, 4.69) is 39.7 Å². The second kappa shape index (κ2) is 4.19. The van der Waals surface area contributed by atoms with Crippen molar-refractivity contribution in [2.24, 2.45) is 0 Å². The van der Waals surface area contributed by atoms with Crippen LogP contribution in [0.1, 0.15) is 17.8 Å². The number of hydrogen-bond donors (Lipinski definition) is 1. The van der Waals surface area contributed by atoms with Gasteiger partial charge in [-0.1, -0.05) is 0 Å². The lowest BCUT2D eigenvalue weighted by Gasteiger charge is -2.15. The molecule has 0 spiro atoms. The molecule has 1 N–H and O–H groups in total. The highest BCUT2D eigenvalue weighted by molar-refractivity contribution is 9.10. The highest BCUT2D eigenvalue weighted by atomic mass is 79.9. The molecule has 0 saturated carbocycles. The van der Waals surface area contributed by atoms with Crippen LogP contribution in [0.5, 0.6) is 0 Å². The summed E-state index contributed by atoms with van der Waals surface area (Å²) in [6.07, 6.45) is 4.00. The van der Waals surface area contributed by atoms with Crippen LogP contribution < -0.4 is 5.43 Å². The van der Waals surface area contributed by atoms with Crippen molar-refractivity contribution in [2.75, 3.05) is 5.43 Å². The lowest BCUT2D eigenvalue weighted by atomic mass is 10.3. The first-order chi connectivity index (χ1) is 6.77. The molecule has 2 heterocycles. The molecule has 1 unspecified atom stereocenters. The first kappa shape index (κ1) is 9.80. The first-order valence-corrected chi connectivity index (χ1v) is 6.07. The molecule has 14 heavy (non-hydrogen) atoms. The number of hydrogen-bond acceptors (Lipinski definition) is 2. The van der Waals surface area contributed by atoms with Crippen molar-refractivity contribution in [1.82, 2.24) is 4.68 Å². The molecule has 0 aromatic carbocycles. The summed E-state index contributed by atoms with van der Waals surface area (Å²) in [4.78, 5) is 1.32. The first-order valence-electron chi connectivity index (χ1n) is 4.40. The van der Waals surface area contributed by atoms with E-state index in [9.17, 15) is 0 Å². The molecular formula is C10H11BrN2S. The van der Waals surface area contributed by atoms with Crippen molar-refractivity contribution in [3.8, 4) is 0 Å². The summed E-state index contributed by atoms with van der Waals surface area (Å²) in [5, 5.41) is 2.09. The molecule has 0 bridgehead atoms. The van der Waals surface area contributed by atoms with Crippen LogP contribution in [0.3, 0.4) is 0 Å². The van der Waals surface area contributed by atoms with E-state index in [1.807, 2.05) is 29.2 Å². The van der Waals surface area contributed by atoms with Crippen LogP contribution in [-0.2, 0) is 0 Å². The fourth-order valence-corrected chi connectivity index (χ4v) is 3.04. The Morgan fingerprint density at radius 3 is 2.71 bits per heavy atom. The average Bonchev–Trinajstić information content (AvgIpc) is 2.75. The summed E-state index contributed by atoms with van der Waals surface area (Å²) >= 11 is 5.29. The minimum Gasteiger partial charge on any atom is -0.318 e. The molecule has 0 radical (unpaired) electrons. The minimum absolute atomic E-state index is 0.316. The van der Waals surface area contributed by atoms with Crippen molar-refractivity contribution in [3.63, 3.8) is 0 Å². The molecule has 0 amide bonds. The average molecular weight is 271 g/mol. The van der Waals surface area contributed by atoms with Crippen molar-refractivity contribution in [2.45, 2.75) is 13.0 Å².